The van der Waals surface area contributed by atoms with Crippen LogP contribution in [0.5, 0.6) is 0 Å². The summed E-state index contributed by atoms with van der Waals surface area (Å²) >= 11 is 5.82. The van der Waals surface area contributed by atoms with E-state index >= 15 is 0 Å². The van der Waals surface area contributed by atoms with Gasteiger partial charge in [-0.1, -0.05) is 23.7 Å². The zero-order valence-electron chi connectivity index (χ0n) is 9.39. The van der Waals surface area contributed by atoms with Gasteiger partial charge in [0, 0.05) is 17.8 Å². The van der Waals surface area contributed by atoms with Gasteiger partial charge >= 0.3 is 5.97 Å². The maximum atomic E-state index is 11.5. The van der Waals surface area contributed by atoms with Crippen molar-refractivity contribution in [3.8, 4) is 0 Å². The first-order chi connectivity index (χ1) is 8.20. The lowest BCUT2D eigenvalue weighted by Crippen LogP contribution is -2.10. The normalized spacial score (nSPS) is 10.2. The lowest BCUT2D eigenvalue weighted by molar-refractivity contribution is 0.0589. The minimum absolute atomic E-state index is 0.330. The quantitative estimate of drug-likeness (QED) is 0.783. The zero-order chi connectivity index (χ0) is 12.3. The lowest BCUT2D eigenvalue weighted by Gasteiger charge is -2.07. The van der Waals surface area contributed by atoms with E-state index < -0.39 is 0 Å². The standard InChI is InChI=1S/C13H12ClNO2/c1-17-13(16)12-3-2-8-15(12)9-10-4-6-11(14)7-5-10/h2-8H,9H2,1H3. The summed E-state index contributed by atoms with van der Waals surface area (Å²) in [6.07, 6.45) is 1.85. The van der Waals surface area contributed by atoms with Gasteiger partial charge in [0.1, 0.15) is 5.69 Å². The summed E-state index contributed by atoms with van der Waals surface area (Å²) in [4.78, 5) is 11.5. The molecule has 0 amide bonds. The van der Waals surface area contributed by atoms with E-state index in [2.05, 4.69) is 0 Å². The Labute approximate surface area is 105 Å². The van der Waals surface area contributed by atoms with Gasteiger partial charge < -0.3 is 9.30 Å². The van der Waals surface area contributed by atoms with Crippen molar-refractivity contribution in [2.24, 2.45) is 0 Å². The third-order valence-electron chi connectivity index (χ3n) is 2.49. The van der Waals surface area contributed by atoms with Crippen LogP contribution in [0, 0.1) is 0 Å². The number of carbonyl (C=O) groups is 1. The van der Waals surface area contributed by atoms with Crippen molar-refractivity contribution in [1.82, 2.24) is 4.57 Å². The largest absolute Gasteiger partial charge is 0.464 e. The molecule has 0 atom stereocenters. The molecular weight excluding hydrogens is 238 g/mol. The number of hydrogen-bond donors (Lipinski definition) is 0. The highest BCUT2D eigenvalue weighted by atomic mass is 35.5. The van der Waals surface area contributed by atoms with Gasteiger partial charge in [0.15, 0.2) is 0 Å². The number of halogens is 1. The van der Waals surface area contributed by atoms with Crippen LogP contribution in [0.4, 0.5) is 0 Å². The highest BCUT2D eigenvalue weighted by Crippen LogP contribution is 2.12. The molecular formula is C13H12ClNO2. The predicted molar refractivity (Wildman–Crippen MR) is 66.3 cm³/mol. The van der Waals surface area contributed by atoms with Crippen molar-refractivity contribution in [2.45, 2.75) is 6.54 Å². The van der Waals surface area contributed by atoms with Crippen molar-refractivity contribution < 1.29 is 9.53 Å². The van der Waals surface area contributed by atoms with Gasteiger partial charge in [-0.15, -0.1) is 0 Å². The minimum atomic E-state index is -0.330. The van der Waals surface area contributed by atoms with E-state index in [1.807, 2.05) is 41.1 Å². The van der Waals surface area contributed by atoms with E-state index in [-0.39, 0.29) is 5.97 Å². The molecule has 88 valence electrons. The van der Waals surface area contributed by atoms with Crippen LogP contribution in [0.25, 0.3) is 0 Å². The van der Waals surface area contributed by atoms with Gasteiger partial charge in [-0.05, 0) is 29.8 Å². The van der Waals surface area contributed by atoms with Crippen LogP contribution in [0.3, 0.4) is 0 Å². The second-order valence-electron chi connectivity index (χ2n) is 3.64. The molecule has 0 aliphatic rings. The second-order valence-corrected chi connectivity index (χ2v) is 4.08. The Balaban J connectivity index is 2.21. The molecule has 0 spiro atoms. The number of aromatic nitrogens is 1. The fourth-order valence-corrected chi connectivity index (χ4v) is 1.75. The number of nitrogens with zero attached hydrogens (tertiary/aromatic N) is 1. The molecule has 0 unspecified atom stereocenters. The molecule has 0 saturated carbocycles. The van der Waals surface area contributed by atoms with Crippen molar-refractivity contribution in [1.29, 1.82) is 0 Å². The van der Waals surface area contributed by atoms with E-state index in [0.717, 1.165) is 5.56 Å². The molecule has 1 aromatic carbocycles. The Bertz CT molecular complexity index is 516. The van der Waals surface area contributed by atoms with Crippen molar-refractivity contribution in [2.75, 3.05) is 7.11 Å². The minimum Gasteiger partial charge on any atom is -0.464 e. The Kier molecular flexibility index (Phi) is 3.49. The number of methoxy groups -OCH3 is 1. The first-order valence-electron chi connectivity index (χ1n) is 5.18. The SMILES string of the molecule is COC(=O)c1cccn1Cc1ccc(Cl)cc1. The van der Waals surface area contributed by atoms with E-state index in [9.17, 15) is 4.79 Å². The molecule has 0 aliphatic carbocycles. The summed E-state index contributed by atoms with van der Waals surface area (Å²) in [5.74, 6) is -0.330. The maximum Gasteiger partial charge on any atom is 0.354 e. The van der Waals surface area contributed by atoms with E-state index in [0.29, 0.717) is 17.3 Å². The van der Waals surface area contributed by atoms with Gasteiger partial charge in [0.05, 0.1) is 7.11 Å². The number of ether oxygens (including phenoxy) is 1. The average Bonchev–Trinajstić information content (AvgIpc) is 2.79. The molecule has 4 heteroatoms. The molecule has 17 heavy (non-hydrogen) atoms. The van der Waals surface area contributed by atoms with Crippen LogP contribution >= 0.6 is 11.6 Å². The van der Waals surface area contributed by atoms with Crippen molar-refractivity contribution in [3.05, 3.63) is 58.9 Å². The summed E-state index contributed by atoms with van der Waals surface area (Å²) in [5, 5.41) is 0.703. The van der Waals surface area contributed by atoms with Gasteiger partial charge in [-0.2, -0.15) is 0 Å². The summed E-state index contributed by atoms with van der Waals surface area (Å²) in [5.41, 5.74) is 1.62. The highest BCUT2D eigenvalue weighted by Gasteiger charge is 2.10. The first-order valence-corrected chi connectivity index (χ1v) is 5.56. The summed E-state index contributed by atoms with van der Waals surface area (Å²) in [6, 6.07) is 11.1. The van der Waals surface area contributed by atoms with Crippen LogP contribution in [0.15, 0.2) is 42.6 Å². The highest BCUT2D eigenvalue weighted by molar-refractivity contribution is 6.30. The average molecular weight is 250 g/mol. The number of benzene rings is 1. The second kappa shape index (κ2) is 5.06. The van der Waals surface area contributed by atoms with Crippen LogP contribution in [-0.4, -0.2) is 17.6 Å². The Morgan fingerprint density at radius 3 is 2.65 bits per heavy atom. The molecule has 2 rings (SSSR count). The molecule has 0 aliphatic heterocycles. The van der Waals surface area contributed by atoms with E-state index in [1.54, 1.807) is 6.07 Å². The molecule has 0 saturated heterocycles. The molecule has 0 radical (unpaired) electrons. The summed E-state index contributed by atoms with van der Waals surface area (Å²) in [6.45, 7) is 0.620. The maximum absolute atomic E-state index is 11.5. The fourth-order valence-electron chi connectivity index (χ4n) is 1.63. The molecule has 0 fully saturated rings. The Hall–Kier alpha value is -1.74. The van der Waals surface area contributed by atoms with Crippen molar-refractivity contribution in [3.63, 3.8) is 0 Å². The fraction of sp³-hybridized carbons (Fsp3) is 0.154. The van der Waals surface area contributed by atoms with Gasteiger partial charge in [-0.25, -0.2) is 4.79 Å². The number of carbonyl (C=O) groups excluding carboxylic acids is 1. The monoisotopic (exact) mass is 249 g/mol. The van der Waals surface area contributed by atoms with Crippen LogP contribution in [0.2, 0.25) is 5.02 Å². The van der Waals surface area contributed by atoms with Crippen LogP contribution in [0.1, 0.15) is 16.1 Å². The third-order valence-corrected chi connectivity index (χ3v) is 2.74. The molecule has 1 aromatic heterocycles. The number of esters is 1. The smallest absolute Gasteiger partial charge is 0.354 e. The molecule has 1 heterocycles. The molecule has 3 nitrogen and oxygen atoms in total. The van der Waals surface area contributed by atoms with Crippen LogP contribution in [-0.2, 0) is 11.3 Å². The van der Waals surface area contributed by atoms with E-state index in [1.165, 1.54) is 7.11 Å². The van der Waals surface area contributed by atoms with Crippen molar-refractivity contribution >= 4 is 17.6 Å². The summed E-state index contributed by atoms with van der Waals surface area (Å²) in [7, 11) is 1.38. The lowest BCUT2D eigenvalue weighted by atomic mass is 10.2. The van der Waals surface area contributed by atoms with Gasteiger partial charge in [-0.3, -0.25) is 0 Å². The Morgan fingerprint density at radius 2 is 2.00 bits per heavy atom. The zero-order valence-corrected chi connectivity index (χ0v) is 10.1. The van der Waals surface area contributed by atoms with Gasteiger partial charge in [0.2, 0.25) is 0 Å². The first kappa shape index (κ1) is 11.7. The third kappa shape index (κ3) is 2.68. The molecule has 2 aromatic rings. The number of hydrogen-bond acceptors (Lipinski definition) is 2. The van der Waals surface area contributed by atoms with Gasteiger partial charge in [0.25, 0.3) is 0 Å². The van der Waals surface area contributed by atoms with Crippen LogP contribution < -0.4 is 0 Å². The molecule has 0 N–H and O–H groups in total. The number of rotatable bonds is 3. The van der Waals surface area contributed by atoms with E-state index in [4.69, 9.17) is 16.3 Å². The topological polar surface area (TPSA) is 31.2 Å². The predicted octanol–water partition coefficient (Wildman–Crippen LogP) is 2.98. The molecule has 0 bridgehead atoms. The summed E-state index contributed by atoms with van der Waals surface area (Å²) < 4.78 is 6.55. The Morgan fingerprint density at radius 1 is 1.29 bits per heavy atom.